The van der Waals surface area contributed by atoms with Crippen molar-refractivity contribution >= 4 is 5.69 Å². The molecule has 3 heteroatoms. The highest BCUT2D eigenvalue weighted by atomic mass is 16.5. The Morgan fingerprint density at radius 1 is 1.24 bits per heavy atom. The van der Waals surface area contributed by atoms with Gasteiger partial charge in [-0.3, -0.25) is 0 Å². The molecule has 0 bridgehead atoms. The first kappa shape index (κ1) is 14.0. The van der Waals surface area contributed by atoms with E-state index in [2.05, 4.69) is 48.5 Å². The highest BCUT2D eigenvalue weighted by molar-refractivity contribution is 5.46. The molecule has 3 nitrogen and oxygen atoms in total. The van der Waals surface area contributed by atoms with E-state index in [-0.39, 0.29) is 0 Å². The summed E-state index contributed by atoms with van der Waals surface area (Å²) in [6.45, 7) is 5.93. The first-order valence-electron chi connectivity index (χ1n) is 6.27. The van der Waals surface area contributed by atoms with E-state index < -0.39 is 0 Å². The molecule has 0 spiro atoms. The zero-order valence-electron chi connectivity index (χ0n) is 11.2. The van der Waals surface area contributed by atoms with Gasteiger partial charge in [-0.1, -0.05) is 19.1 Å². The third-order valence-electron chi connectivity index (χ3n) is 2.80. The quantitative estimate of drug-likeness (QED) is 0.701. The molecule has 17 heavy (non-hydrogen) atoms. The maximum atomic E-state index is 5.06. The normalized spacial score (nSPS) is 10.5. The summed E-state index contributed by atoms with van der Waals surface area (Å²) >= 11 is 0. The summed E-state index contributed by atoms with van der Waals surface area (Å²) in [4.78, 5) is 2.26. The lowest BCUT2D eigenvalue weighted by molar-refractivity contribution is 0.196. The van der Waals surface area contributed by atoms with Crippen LogP contribution < -0.4 is 10.2 Å². The predicted octanol–water partition coefficient (Wildman–Crippen LogP) is 2.27. The summed E-state index contributed by atoms with van der Waals surface area (Å²) in [5.41, 5.74) is 2.60. The molecule has 0 saturated heterocycles. The minimum Gasteiger partial charge on any atom is -0.385 e. The number of anilines is 1. The van der Waals surface area contributed by atoms with Crippen LogP contribution in [0.4, 0.5) is 5.69 Å². The van der Waals surface area contributed by atoms with Crippen LogP contribution in [0.5, 0.6) is 0 Å². The van der Waals surface area contributed by atoms with Gasteiger partial charge in [0.05, 0.1) is 0 Å². The van der Waals surface area contributed by atoms with E-state index in [0.29, 0.717) is 0 Å². The van der Waals surface area contributed by atoms with Crippen LogP contribution in [0.3, 0.4) is 0 Å². The van der Waals surface area contributed by atoms with Gasteiger partial charge < -0.3 is 15.0 Å². The summed E-state index contributed by atoms with van der Waals surface area (Å²) in [5.74, 6) is 0. The Labute approximate surface area is 105 Å². The van der Waals surface area contributed by atoms with Crippen LogP contribution in [0.2, 0.25) is 0 Å². The number of methoxy groups -OCH3 is 1. The van der Waals surface area contributed by atoms with Gasteiger partial charge >= 0.3 is 0 Å². The van der Waals surface area contributed by atoms with Crippen LogP contribution in [0.25, 0.3) is 0 Å². The van der Waals surface area contributed by atoms with Crippen LogP contribution in [0.15, 0.2) is 24.3 Å². The number of nitrogens with one attached hydrogen (secondary N) is 1. The molecule has 0 aliphatic rings. The minimum absolute atomic E-state index is 0.822. The maximum absolute atomic E-state index is 5.06. The molecule has 1 aromatic rings. The number of hydrogen-bond donors (Lipinski definition) is 1. The van der Waals surface area contributed by atoms with Gasteiger partial charge in [0.15, 0.2) is 0 Å². The zero-order chi connectivity index (χ0) is 12.5. The standard InChI is InChI=1S/C14H24N2O/c1-4-15-12-13-6-8-14(9-7-13)16(2)10-5-11-17-3/h6-9,15H,4-5,10-12H2,1-3H3. The molecule has 1 N–H and O–H groups in total. The van der Waals surface area contributed by atoms with E-state index in [1.807, 2.05) is 0 Å². The molecule has 0 fully saturated rings. The highest BCUT2D eigenvalue weighted by Gasteiger charge is 2.00. The summed E-state index contributed by atoms with van der Waals surface area (Å²) in [7, 11) is 3.87. The van der Waals surface area contributed by atoms with Crippen LogP contribution in [0, 0.1) is 0 Å². The van der Waals surface area contributed by atoms with E-state index in [9.17, 15) is 0 Å². The molecule has 0 atom stereocenters. The van der Waals surface area contributed by atoms with Crippen molar-refractivity contribution in [2.24, 2.45) is 0 Å². The van der Waals surface area contributed by atoms with Crippen molar-refractivity contribution in [1.82, 2.24) is 5.32 Å². The number of ether oxygens (including phenoxy) is 1. The van der Waals surface area contributed by atoms with Crippen molar-refractivity contribution in [1.29, 1.82) is 0 Å². The summed E-state index contributed by atoms with van der Waals surface area (Å²) in [6.07, 6.45) is 1.06. The van der Waals surface area contributed by atoms with Gasteiger partial charge in [0.1, 0.15) is 0 Å². The van der Waals surface area contributed by atoms with Crippen molar-refractivity contribution in [3.8, 4) is 0 Å². The largest absolute Gasteiger partial charge is 0.385 e. The topological polar surface area (TPSA) is 24.5 Å². The third-order valence-corrected chi connectivity index (χ3v) is 2.80. The van der Waals surface area contributed by atoms with Crippen LogP contribution in [-0.4, -0.2) is 33.9 Å². The van der Waals surface area contributed by atoms with Crippen LogP contribution >= 0.6 is 0 Å². The van der Waals surface area contributed by atoms with E-state index >= 15 is 0 Å². The third kappa shape index (κ3) is 5.20. The van der Waals surface area contributed by atoms with Gasteiger partial charge in [-0.05, 0) is 30.7 Å². The first-order valence-corrected chi connectivity index (χ1v) is 6.27. The van der Waals surface area contributed by atoms with Crippen molar-refractivity contribution in [3.63, 3.8) is 0 Å². The number of rotatable bonds is 8. The molecule has 0 radical (unpaired) electrons. The second kappa shape index (κ2) is 8.09. The monoisotopic (exact) mass is 236 g/mol. The Hall–Kier alpha value is -1.06. The Morgan fingerprint density at radius 3 is 2.53 bits per heavy atom. The highest BCUT2D eigenvalue weighted by Crippen LogP contribution is 2.13. The second-order valence-corrected chi connectivity index (χ2v) is 4.21. The van der Waals surface area contributed by atoms with Crippen LogP contribution in [0.1, 0.15) is 18.9 Å². The molecule has 0 amide bonds. The zero-order valence-corrected chi connectivity index (χ0v) is 11.2. The Morgan fingerprint density at radius 2 is 1.94 bits per heavy atom. The fraction of sp³-hybridized carbons (Fsp3) is 0.571. The number of nitrogens with zero attached hydrogens (tertiary/aromatic N) is 1. The summed E-state index contributed by atoms with van der Waals surface area (Å²) in [6, 6.07) is 8.73. The first-order chi connectivity index (χ1) is 8.27. The number of benzene rings is 1. The van der Waals surface area contributed by atoms with Gasteiger partial charge in [-0.15, -0.1) is 0 Å². The van der Waals surface area contributed by atoms with E-state index in [0.717, 1.165) is 32.7 Å². The molecule has 0 heterocycles. The van der Waals surface area contributed by atoms with Crippen molar-refractivity contribution < 1.29 is 4.74 Å². The molecule has 0 aliphatic carbocycles. The van der Waals surface area contributed by atoms with E-state index in [4.69, 9.17) is 4.74 Å². The molecule has 96 valence electrons. The Balaban J connectivity index is 2.43. The lowest BCUT2D eigenvalue weighted by Gasteiger charge is -2.19. The van der Waals surface area contributed by atoms with E-state index in [1.165, 1.54) is 11.3 Å². The fourth-order valence-electron chi connectivity index (χ4n) is 1.71. The SMILES string of the molecule is CCNCc1ccc(N(C)CCCOC)cc1. The van der Waals surface area contributed by atoms with Gasteiger partial charge in [0.2, 0.25) is 0 Å². The smallest absolute Gasteiger partial charge is 0.0479 e. The molecular formula is C14H24N2O. The van der Waals surface area contributed by atoms with E-state index in [1.54, 1.807) is 7.11 Å². The minimum atomic E-state index is 0.822. The Bertz CT molecular complexity index is 298. The van der Waals surface area contributed by atoms with Crippen LogP contribution in [-0.2, 0) is 11.3 Å². The lowest BCUT2D eigenvalue weighted by atomic mass is 10.2. The fourth-order valence-corrected chi connectivity index (χ4v) is 1.71. The predicted molar refractivity (Wildman–Crippen MR) is 73.6 cm³/mol. The molecule has 0 saturated carbocycles. The van der Waals surface area contributed by atoms with Crippen molar-refractivity contribution in [3.05, 3.63) is 29.8 Å². The molecule has 1 rings (SSSR count). The molecular weight excluding hydrogens is 212 g/mol. The van der Waals surface area contributed by atoms with Crippen molar-refractivity contribution in [2.75, 3.05) is 38.8 Å². The van der Waals surface area contributed by atoms with Gasteiger partial charge in [0.25, 0.3) is 0 Å². The molecule has 0 aromatic heterocycles. The second-order valence-electron chi connectivity index (χ2n) is 4.21. The molecule has 0 aliphatic heterocycles. The summed E-state index contributed by atoms with van der Waals surface area (Å²) in [5, 5.41) is 3.32. The molecule has 0 unspecified atom stereocenters. The van der Waals surface area contributed by atoms with Gasteiger partial charge in [-0.25, -0.2) is 0 Å². The van der Waals surface area contributed by atoms with Gasteiger partial charge in [0, 0.05) is 39.5 Å². The van der Waals surface area contributed by atoms with Gasteiger partial charge in [-0.2, -0.15) is 0 Å². The average Bonchev–Trinajstić information content (AvgIpc) is 2.37. The lowest BCUT2D eigenvalue weighted by Crippen LogP contribution is -2.19. The molecule has 1 aromatic carbocycles. The average molecular weight is 236 g/mol. The summed E-state index contributed by atoms with van der Waals surface area (Å²) < 4.78 is 5.06. The Kier molecular flexibility index (Phi) is 6.67. The number of hydrogen-bond acceptors (Lipinski definition) is 3. The maximum Gasteiger partial charge on any atom is 0.0479 e. The van der Waals surface area contributed by atoms with Crippen molar-refractivity contribution in [2.45, 2.75) is 19.9 Å².